The minimum Gasteiger partial charge on any atom is -0.351 e. The lowest BCUT2D eigenvalue weighted by molar-refractivity contribution is -0.137. The number of carbonyl (C=O) groups is 3. The first-order valence-corrected chi connectivity index (χ1v) is 7.54. The largest absolute Gasteiger partial charge is 0.351 e. The fourth-order valence-electron chi connectivity index (χ4n) is 3.16. The van der Waals surface area contributed by atoms with Gasteiger partial charge in [-0.1, -0.05) is 19.8 Å². The number of carbonyl (C=O) groups excluding carboxylic acids is 3. The SMILES string of the molecule is CC1CCCCC12NC(=O)N(CC(=O)N[C@@H](C)CN)C2=O.Cl. The van der Waals surface area contributed by atoms with Gasteiger partial charge in [-0.2, -0.15) is 0 Å². The third kappa shape index (κ3) is 3.35. The smallest absolute Gasteiger partial charge is 0.325 e. The third-order valence-corrected chi connectivity index (χ3v) is 4.56. The van der Waals surface area contributed by atoms with Crippen LogP contribution in [-0.2, 0) is 9.59 Å². The number of urea groups is 1. The highest BCUT2D eigenvalue weighted by molar-refractivity contribution is 6.09. The van der Waals surface area contributed by atoms with E-state index in [4.69, 9.17) is 5.73 Å². The van der Waals surface area contributed by atoms with Gasteiger partial charge in [-0.3, -0.25) is 14.5 Å². The molecule has 2 unspecified atom stereocenters. The topological polar surface area (TPSA) is 105 Å². The van der Waals surface area contributed by atoms with Crippen molar-refractivity contribution >= 4 is 30.3 Å². The summed E-state index contributed by atoms with van der Waals surface area (Å²) in [6.07, 6.45) is 3.55. The van der Waals surface area contributed by atoms with Crippen molar-refractivity contribution in [1.82, 2.24) is 15.5 Å². The van der Waals surface area contributed by atoms with Crippen molar-refractivity contribution < 1.29 is 14.4 Å². The van der Waals surface area contributed by atoms with E-state index in [0.717, 1.165) is 24.2 Å². The van der Waals surface area contributed by atoms with Gasteiger partial charge in [0.05, 0.1) is 0 Å². The molecule has 0 bridgehead atoms. The van der Waals surface area contributed by atoms with E-state index in [0.29, 0.717) is 13.0 Å². The molecule has 2 rings (SSSR count). The molecule has 1 spiro atoms. The molecule has 0 aromatic carbocycles. The first-order chi connectivity index (χ1) is 9.90. The maximum absolute atomic E-state index is 12.6. The normalized spacial score (nSPS) is 29.0. The van der Waals surface area contributed by atoms with Crippen LogP contribution in [0.4, 0.5) is 4.79 Å². The Labute approximate surface area is 136 Å². The molecule has 4 N–H and O–H groups in total. The predicted octanol–water partition coefficient (Wildman–Crippen LogP) is 0.372. The van der Waals surface area contributed by atoms with Gasteiger partial charge in [0.25, 0.3) is 5.91 Å². The molecule has 1 saturated heterocycles. The molecule has 126 valence electrons. The fourth-order valence-corrected chi connectivity index (χ4v) is 3.16. The fraction of sp³-hybridized carbons (Fsp3) is 0.786. The molecule has 0 aromatic rings. The van der Waals surface area contributed by atoms with Gasteiger partial charge in [-0.05, 0) is 25.7 Å². The minimum absolute atomic E-state index is 0. The van der Waals surface area contributed by atoms with Crippen LogP contribution in [0.15, 0.2) is 0 Å². The molecular formula is C14H25ClN4O3. The zero-order chi connectivity index (χ0) is 15.6. The molecule has 8 heteroatoms. The molecule has 22 heavy (non-hydrogen) atoms. The number of rotatable bonds is 4. The van der Waals surface area contributed by atoms with E-state index >= 15 is 0 Å². The van der Waals surface area contributed by atoms with Gasteiger partial charge >= 0.3 is 6.03 Å². The predicted molar refractivity (Wildman–Crippen MR) is 84.5 cm³/mol. The zero-order valence-electron chi connectivity index (χ0n) is 13.1. The lowest BCUT2D eigenvalue weighted by Gasteiger charge is -2.36. The van der Waals surface area contributed by atoms with Gasteiger partial charge in [0.15, 0.2) is 0 Å². The molecule has 7 nitrogen and oxygen atoms in total. The van der Waals surface area contributed by atoms with Gasteiger partial charge in [0.1, 0.15) is 12.1 Å². The summed E-state index contributed by atoms with van der Waals surface area (Å²) in [5, 5.41) is 5.49. The monoisotopic (exact) mass is 332 g/mol. The Morgan fingerprint density at radius 1 is 1.50 bits per heavy atom. The Hall–Kier alpha value is -1.34. The van der Waals surface area contributed by atoms with Crippen molar-refractivity contribution in [3.05, 3.63) is 0 Å². The summed E-state index contributed by atoms with van der Waals surface area (Å²) in [4.78, 5) is 37.6. The van der Waals surface area contributed by atoms with Gasteiger partial charge < -0.3 is 16.4 Å². The van der Waals surface area contributed by atoms with Gasteiger partial charge in [0, 0.05) is 12.6 Å². The summed E-state index contributed by atoms with van der Waals surface area (Å²) in [6.45, 7) is 3.82. The maximum atomic E-state index is 12.6. The molecule has 3 atom stereocenters. The van der Waals surface area contributed by atoms with Crippen LogP contribution in [0.3, 0.4) is 0 Å². The first kappa shape index (κ1) is 18.7. The molecule has 4 amide bonds. The Morgan fingerprint density at radius 3 is 2.77 bits per heavy atom. The number of hydrogen-bond donors (Lipinski definition) is 3. The van der Waals surface area contributed by atoms with Crippen molar-refractivity contribution in [3.63, 3.8) is 0 Å². The highest BCUT2D eigenvalue weighted by Crippen LogP contribution is 2.38. The number of nitrogens with two attached hydrogens (primary N) is 1. The number of imide groups is 1. The molecule has 1 aliphatic carbocycles. The molecule has 1 saturated carbocycles. The van der Waals surface area contributed by atoms with E-state index in [1.807, 2.05) is 6.92 Å². The van der Waals surface area contributed by atoms with Gasteiger partial charge in [-0.15, -0.1) is 12.4 Å². The Balaban J connectivity index is 0.00000242. The van der Waals surface area contributed by atoms with Crippen molar-refractivity contribution in [2.75, 3.05) is 13.1 Å². The van der Waals surface area contributed by atoms with Gasteiger partial charge in [-0.25, -0.2) is 4.79 Å². The summed E-state index contributed by atoms with van der Waals surface area (Å²) in [6, 6.07) is -0.648. The van der Waals surface area contributed by atoms with Crippen molar-refractivity contribution in [1.29, 1.82) is 0 Å². The second-order valence-electron chi connectivity index (χ2n) is 6.14. The van der Waals surface area contributed by atoms with Crippen LogP contribution in [-0.4, -0.2) is 47.4 Å². The summed E-state index contributed by atoms with van der Waals surface area (Å²) in [5.41, 5.74) is 4.63. The van der Waals surface area contributed by atoms with E-state index in [1.165, 1.54) is 0 Å². The van der Waals surface area contributed by atoms with Crippen molar-refractivity contribution in [2.24, 2.45) is 11.7 Å². The summed E-state index contributed by atoms with van der Waals surface area (Å²) in [7, 11) is 0. The third-order valence-electron chi connectivity index (χ3n) is 4.56. The van der Waals surface area contributed by atoms with Crippen LogP contribution < -0.4 is 16.4 Å². The van der Waals surface area contributed by atoms with Crippen LogP contribution in [0.1, 0.15) is 39.5 Å². The van der Waals surface area contributed by atoms with Crippen LogP contribution in [0.5, 0.6) is 0 Å². The molecule has 2 aliphatic rings. The van der Waals surface area contributed by atoms with Crippen LogP contribution in [0.25, 0.3) is 0 Å². The lowest BCUT2D eigenvalue weighted by atomic mass is 9.73. The van der Waals surface area contributed by atoms with Crippen LogP contribution in [0.2, 0.25) is 0 Å². The number of nitrogens with one attached hydrogen (secondary N) is 2. The van der Waals surface area contributed by atoms with E-state index in [9.17, 15) is 14.4 Å². The minimum atomic E-state index is -0.810. The standard InChI is InChI=1S/C14H24N4O3.ClH/c1-9-5-3-4-6-14(9)12(20)18(13(21)17-14)8-11(19)16-10(2)7-15;/h9-10H,3-8,15H2,1-2H3,(H,16,19)(H,17,21);1H/t9?,10-,14?;/m0./s1. The quantitative estimate of drug-likeness (QED) is 0.647. The Bertz CT molecular complexity index is 459. The average molecular weight is 333 g/mol. The second kappa shape index (κ2) is 7.28. The van der Waals surface area contributed by atoms with Crippen molar-refractivity contribution in [3.8, 4) is 0 Å². The zero-order valence-corrected chi connectivity index (χ0v) is 13.9. The Morgan fingerprint density at radius 2 is 2.18 bits per heavy atom. The number of hydrogen-bond acceptors (Lipinski definition) is 4. The van der Waals surface area contributed by atoms with Crippen LogP contribution >= 0.6 is 12.4 Å². The summed E-state index contributed by atoms with van der Waals surface area (Å²) >= 11 is 0. The van der Waals surface area contributed by atoms with E-state index in [1.54, 1.807) is 6.92 Å². The van der Waals surface area contributed by atoms with Crippen molar-refractivity contribution in [2.45, 2.75) is 51.1 Å². The lowest BCUT2D eigenvalue weighted by Crippen LogP contribution is -2.54. The molecule has 1 aliphatic heterocycles. The molecule has 0 radical (unpaired) electrons. The molecule has 0 aromatic heterocycles. The highest BCUT2D eigenvalue weighted by Gasteiger charge is 2.55. The van der Waals surface area contributed by atoms with E-state index in [-0.39, 0.29) is 42.7 Å². The Kier molecular flexibility index (Phi) is 6.19. The molecular weight excluding hydrogens is 308 g/mol. The summed E-state index contributed by atoms with van der Waals surface area (Å²) in [5.74, 6) is -0.536. The second-order valence-corrected chi connectivity index (χ2v) is 6.14. The highest BCUT2D eigenvalue weighted by atomic mass is 35.5. The maximum Gasteiger partial charge on any atom is 0.325 e. The summed E-state index contributed by atoms with van der Waals surface area (Å²) < 4.78 is 0. The average Bonchev–Trinajstić information content (AvgIpc) is 2.67. The number of amides is 4. The number of halogens is 1. The molecule has 1 heterocycles. The van der Waals surface area contributed by atoms with Gasteiger partial charge in [0.2, 0.25) is 5.91 Å². The molecule has 2 fully saturated rings. The van der Waals surface area contributed by atoms with E-state index < -0.39 is 11.6 Å². The first-order valence-electron chi connectivity index (χ1n) is 7.54. The van der Waals surface area contributed by atoms with E-state index in [2.05, 4.69) is 10.6 Å². The van der Waals surface area contributed by atoms with Crippen LogP contribution in [0, 0.1) is 5.92 Å². The number of nitrogens with zero attached hydrogens (tertiary/aromatic N) is 1.